The van der Waals surface area contributed by atoms with Crippen molar-refractivity contribution in [2.75, 3.05) is 11.9 Å². The maximum atomic E-state index is 11.8. The Balaban J connectivity index is 2.51. The first-order chi connectivity index (χ1) is 7.37. The number of nitrogens with one attached hydrogen (secondary N) is 1. The van der Waals surface area contributed by atoms with E-state index >= 15 is 0 Å². The van der Waals surface area contributed by atoms with Crippen LogP contribution < -0.4 is 10.1 Å². The minimum Gasteiger partial charge on any atom is -0.468 e. The van der Waals surface area contributed by atoms with E-state index in [9.17, 15) is 13.2 Å². The van der Waals surface area contributed by atoms with E-state index in [1.807, 2.05) is 13.8 Å². The molecule has 0 spiro atoms. The third-order valence-electron chi connectivity index (χ3n) is 1.58. The summed E-state index contributed by atoms with van der Waals surface area (Å²) in [4.78, 5) is 3.75. The highest BCUT2D eigenvalue weighted by atomic mass is 19.4. The highest BCUT2D eigenvalue weighted by molar-refractivity contribution is 5.42. The van der Waals surface area contributed by atoms with Crippen LogP contribution in [-0.4, -0.2) is 23.8 Å². The van der Waals surface area contributed by atoms with E-state index in [2.05, 4.69) is 15.0 Å². The van der Waals surface area contributed by atoms with Gasteiger partial charge in [0, 0.05) is 12.1 Å². The molecule has 1 aromatic heterocycles. The minimum atomic E-state index is -4.34. The Morgan fingerprint density at radius 3 is 2.50 bits per heavy atom. The fourth-order valence-electron chi connectivity index (χ4n) is 1.04. The summed E-state index contributed by atoms with van der Waals surface area (Å²) in [6, 6.07) is 3.26. The third-order valence-corrected chi connectivity index (χ3v) is 1.58. The summed E-state index contributed by atoms with van der Waals surface area (Å²) in [7, 11) is 0. The summed E-state index contributed by atoms with van der Waals surface area (Å²) >= 11 is 0. The van der Waals surface area contributed by atoms with Gasteiger partial charge in [-0.1, -0.05) is 0 Å². The van der Waals surface area contributed by atoms with Gasteiger partial charge in [-0.05, 0) is 19.9 Å². The number of anilines is 1. The molecule has 1 rings (SSSR count). The predicted molar refractivity (Wildman–Crippen MR) is 54.5 cm³/mol. The fourth-order valence-corrected chi connectivity index (χ4v) is 1.04. The van der Waals surface area contributed by atoms with Crippen LogP contribution in [0.3, 0.4) is 0 Å². The zero-order chi connectivity index (χ0) is 12.2. The molecule has 0 bridgehead atoms. The molecule has 0 fully saturated rings. The van der Waals surface area contributed by atoms with Gasteiger partial charge in [0.15, 0.2) is 6.61 Å². The SMILES string of the molecule is CC(C)Nc1ccc(OCC(F)(F)F)nc1. The van der Waals surface area contributed by atoms with E-state index in [-0.39, 0.29) is 11.9 Å². The van der Waals surface area contributed by atoms with Crippen molar-refractivity contribution >= 4 is 5.69 Å². The lowest BCUT2D eigenvalue weighted by Crippen LogP contribution is -2.19. The molecular weight excluding hydrogens is 221 g/mol. The summed E-state index contributed by atoms with van der Waals surface area (Å²) in [5.74, 6) is -0.0355. The molecule has 90 valence electrons. The van der Waals surface area contributed by atoms with Crippen molar-refractivity contribution in [2.45, 2.75) is 26.1 Å². The standard InChI is InChI=1S/C10H13F3N2O/c1-7(2)15-8-3-4-9(14-5-8)16-6-10(11,12)13/h3-5,7,15H,6H2,1-2H3. The van der Waals surface area contributed by atoms with Crippen molar-refractivity contribution in [3.63, 3.8) is 0 Å². The second kappa shape index (κ2) is 5.05. The van der Waals surface area contributed by atoms with Gasteiger partial charge in [0.05, 0.1) is 11.9 Å². The van der Waals surface area contributed by atoms with Crippen molar-refractivity contribution in [1.29, 1.82) is 0 Å². The summed E-state index contributed by atoms with van der Waals surface area (Å²) in [5.41, 5.74) is 0.745. The molecule has 1 N–H and O–H groups in total. The molecular formula is C10H13F3N2O. The van der Waals surface area contributed by atoms with Gasteiger partial charge in [-0.15, -0.1) is 0 Å². The van der Waals surface area contributed by atoms with Gasteiger partial charge in [0.2, 0.25) is 5.88 Å². The van der Waals surface area contributed by atoms with Crippen LogP contribution in [0, 0.1) is 0 Å². The molecule has 0 aliphatic rings. The first kappa shape index (κ1) is 12.6. The van der Waals surface area contributed by atoms with Crippen molar-refractivity contribution < 1.29 is 17.9 Å². The van der Waals surface area contributed by atoms with Crippen LogP contribution in [0.5, 0.6) is 5.88 Å². The zero-order valence-electron chi connectivity index (χ0n) is 9.01. The van der Waals surface area contributed by atoms with Crippen molar-refractivity contribution in [3.05, 3.63) is 18.3 Å². The van der Waals surface area contributed by atoms with E-state index in [0.717, 1.165) is 5.69 Å². The maximum Gasteiger partial charge on any atom is 0.422 e. The fraction of sp³-hybridized carbons (Fsp3) is 0.500. The van der Waals surface area contributed by atoms with E-state index in [0.29, 0.717) is 0 Å². The molecule has 0 radical (unpaired) electrons. The Morgan fingerprint density at radius 1 is 1.38 bits per heavy atom. The average Bonchev–Trinajstić information content (AvgIpc) is 2.14. The number of aromatic nitrogens is 1. The normalized spacial score (nSPS) is 11.6. The smallest absolute Gasteiger partial charge is 0.422 e. The molecule has 0 aliphatic heterocycles. The van der Waals surface area contributed by atoms with Gasteiger partial charge < -0.3 is 10.1 Å². The van der Waals surface area contributed by atoms with E-state index in [4.69, 9.17) is 0 Å². The predicted octanol–water partition coefficient (Wildman–Crippen LogP) is 2.84. The summed E-state index contributed by atoms with van der Waals surface area (Å²) < 4.78 is 39.9. The molecule has 1 heterocycles. The number of halogens is 3. The van der Waals surface area contributed by atoms with Crippen LogP contribution >= 0.6 is 0 Å². The lowest BCUT2D eigenvalue weighted by Gasteiger charge is -2.11. The van der Waals surface area contributed by atoms with Crippen LogP contribution in [-0.2, 0) is 0 Å². The monoisotopic (exact) mass is 234 g/mol. The number of alkyl halides is 3. The van der Waals surface area contributed by atoms with Crippen molar-refractivity contribution in [1.82, 2.24) is 4.98 Å². The number of rotatable bonds is 4. The molecule has 0 saturated carbocycles. The highest BCUT2D eigenvalue weighted by Crippen LogP contribution is 2.18. The molecule has 0 unspecified atom stereocenters. The van der Waals surface area contributed by atoms with Gasteiger partial charge in [0.25, 0.3) is 0 Å². The number of nitrogens with zero attached hydrogens (tertiary/aromatic N) is 1. The quantitative estimate of drug-likeness (QED) is 0.869. The van der Waals surface area contributed by atoms with E-state index in [1.54, 1.807) is 6.07 Å². The van der Waals surface area contributed by atoms with Gasteiger partial charge in [0.1, 0.15) is 0 Å². The zero-order valence-corrected chi connectivity index (χ0v) is 9.01. The first-order valence-corrected chi connectivity index (χ1v) is 4.79. The summed E-state index contributed by atoms with van der Waals surface area (Å²) in [6.07, 6.45) is -2.90. The largest absolute Gasteiger partial charge is 0.468 e. The second-order valence-electron chi connectivity index (χ2n) is 3.59. The Morgan fingerprint density at radius 2 is 2.06 bits per heavy atom. The number of hydrogen-bond donors (Lipinski definition) is 1. The minimum absolute atomic E-state index is 0.0355. The number of ether oxygens (including phenoxy) is 1. The summed E-state index contributed by atoms with van der Waals surface area (Å²) in [5, 5.41) is 3.06. The maximum absolute atomic E-state index is 11.8. The van der Waals surface area contributed by atoms with E-state index in [1.165, 1.54) is 12.3 Å². The number of pyridine rings is 1. The Bertz CT molecular complexity index is 322. The van der Waals surface area contributed by atoms with Crippen LogP contribution in [0.25, 0.3) is 0 Å². The Labute approximate surface area is 91.6 Å². The van der Waals surface area contributed by atoms with Crippen LogP contribution in [0.15, 0.2) is 18.3 Å². The molecule has 6 heteroatoms. The topological polar surface area (TPSA) is 34.1 Å². The second-order valence-corrected chi connectivity index (χ2v) is 3.59. The first-order valence-electron chi connectivity index (χ1n) is 4.79. The molecule has 16 heavy (non-hydrogen) atoms. The molecule has 0 aliphatic carbocycles. The molecule has 0 saturated heterocycles. The van der Waals surface area contributed by atoms with Gasteiger partial charge in [-0.25, -0.2) is 4.98 Å². The van der Waals surface area contributed by atoms with Crippen LogP contribution in [0.2, 0.25) is 0 Å². The van der Waals surface area contributed by atoms with Crippen molar-refractivity contribution in [3.8, 4) is 5.88 Å². The van der Waals surface area contributed by atoms with Crippen LogP contribution in [0.4, 0.5) is 18.9 Å². The molecule has 0 atom stereocenters. The molecule has 1 aromatic rings. The average molecular weight is 234 g/mol. The van der Waals surface area contributed by atoms with Crippen molar-refractivity contribution in [2.24, 2.45) is 0 Å². The lowest BCUT2D eigenvalue weighted by molar-refractivity contribution is -0.154. The lowest BCUT2D eigenvalue weighted by atomic mass is 10.3. The molecule has 0 amide bonds. The van der Waals surface area contributed by atoms with Gasteiger partial charge in [-0.3, -0.25) is 0 Å². The Kier molecular flexibility index (Phi) is 3.98. The van der Waals surface area contributed by atoms with Gasteiger partial charge >= 0.3 is 6.18 Å². The summed E-state index contributed by atoms with van der Waals surface area (Å²) in [6.45, 7) is 2.58. The third kappa shape index (κ3) is 4.86. The van der Waals surface area contributed by atoms with Crippen LogP contribution in [0.1, 0.15) is 13.8 Å². The number of hydrogen-bond acceptors (Lipinski definition) is 3. The van der Waals surface area contributed by atoms with E-state index < -0.39 is 12.8 Å². The highest BCUT2D eigenvalue weighted by Gasteiger charge is 2.28. The molecule has 0 aromatic carbocycles. The Hall–Kier alpha value is -1.46. The van der Waals surface area contributed by atoms with Gasteiger partial charge in [-0.2, -0.15) is 13.2 Å². The molecule has 3 nitrogen and oxygen atoms in total.